The van der Waals surface area contributed by atoms with E-state index in [0.29, 0.717) is 5.69 Å². The van der Waals surface area contributed by atoms with Crippen molar-refractivity contribution in [3.8, 4) is 11.3 Å². The summed E-state index contributed by atoms with van der Waals surface area (Å²) in [5, 5.41) is 10.3. The zero-order chi connectivity index (χ0) is 21.8. The third-order valence-electron chi connectivity index (χ3n) is 4.52. The van der Waals surface area contributed by atoms with E-state index in [-0.39, 0.29) is 13.0 Å². The van der Waals surface area contributed by atoms with Crippen molar-refractivity contribution in [1.82, 2.24) is 14.1 Å². The van der Waals surface area contributed by atoms with Crippen molar-refractivity contribution in [2.45, 2.75) is 51.9 Å². The summed E-state index contributed by atoms with van der Waals surface area (Å²) in [5.74, 6) is 0. The fraction of sp³-hybridized carbons (Fsp3) is 0.429. The van der Waals surface area contributed by atoms with Crippen LogP contribution in [0, 0.1) is 6.92 Å². The zero-order valence-electron chi connectivity index (χ0n) is 17.0. The number of halogens is 3. The Morgan fingerprint density at radius 1 is 1.17 bits per heavy atom. The third kappa shape index (κ3) is 6.45. The summed E-state index contributed by atoms with van der Waals surface area (Å²) >= 11 is 0. The molecule has 0 saturated carbocycles. The van der Waals surface area contributed by atoms with Crippen LogP contribution in [0.15, 0.2) is 47.7 Å². The number of hydrogen-bond acceptors (Lipinski definition) is 3. The van der Waals surface area contributed by atoms with Gasteiger partial charge in [0.05, 0.1) is 17.6 Å². The molecule has 0 spiro atoms. The van der Waals surface area contributed by atoms with Crippen molar-refractivity contribution in [1.29, 1.82) is 0 Å². The molecule has 2 rings (SSSR count). The van der Waals surface area contributed by atoms with E-state index in [2.05, 4.69) is 4.98 Å². The highest BCUT2D eigenvalue weighted by Gasteiger charge is 2.26. The summed E-state index contributed by atoms with van der Waals surface area (Å²) in [7, 11) is 1.50. The van der Waals surface area contributed by atoms with Gasteiger partial charge in [0.2, 0.25) is 0 Å². The van der Waals surface area contributed by atoms with E-state index in [9.17, 15) is 23.1 Å². The molecule has 1 N–H and O–H groups in total. The Morgan fingerprint density at radius 2 is 1.86 bits per heavy atom. The average molecular weight is 409 g/mol. The molecular weight excluding hydrogens is 383 g/mol. The molecule has 0 fully saturated rings. The second-order valence-electron chi connectivity index (χ2n) is 7.53. The highest BCUT2D eigenvalue weighted by Crippen LogP contribution is 2.27. The van der Waals surface area contributed by atoms with Crippen LogP contribution >= 0.6 is 0 Å². The number of aromatic nitrogens is 3. The van der Waals surface area contributed by atoms with Crippen molar-refractivity contribution >= 4 is 0 Å². The molecule has 1 aromatic carbocycles. The van der Waals surface area contributed by atoms with Crippen LogP contribution in [0.5, 0.6) is 0 Å². The van der Waals surface area contributed by atoms with E-state index < -0.39 is 23.9 Å². The van der Waals surface area contributed by atoms with Gasteiger partial charge in [0.25, 0.3) is 0 Å². The van der Waals surface area contributed by atoms with Gasteiger partial charge in [-0.2, -0.15) is 13.2 Å². The number of nitrogens with zero attached hydrogens (tertiary/aromatic N) is 3. The minimum Gasteiger partial charge on any atom is -0.386 e. The first-order chi connectivity index (χ1) is 13.4. The SMILES string of the molecule is Cc1ccc(C(C)(C)O)cc1-c1cccn(CCCC(F)(F)F)c(=O)n(C)cn1. The number of aliphatic hydroxyl groups is 1. The molecule has 0 bridgehead atoms. The first-order valence-electron chi connectivity index (χ1n) is 9.25. The second kappa shape index (κ2) is 8.82. The second-order valence-corrected chi connectivity index (χ2v) is 7.53. The topological polar surface area (TPSA) is 60.1 Å². The zero-order valence-corrected chi connectivity index (χ0v) is 17.0. The summed E-state index contributed by atoms with van der Waals surface area (Å²) < 4.78 is 39.7. The minimum atomic E-state index is -4.25. The van der Waals surface area contributed by atoms with E-state index >= 15 is 0 Å². The fourth-order valence-electron chi connectivity index (χ4n) is 2.80. The Labute approximate surface area is 167 Å². The van der Waals surface area contributed by atoms with Gasteiger partial charge in [-0.15, -0.1) is 0 Å². The molecule has 158 valence electrons. The molecule has 0 radical (unpaired) electrons. The van der Waals surface area contributed by atoms with Crippen LogP contribution < -0.4 is 5.69 Å². The maximum atomic E-state index is 12.5. The van der Waals surface area contributed by atoms with E-state index in [1.807, 2.05) is 25.1 Å². The lowest BCUT2D eigenvalue weighted by atomic mass is 9.93. The van der Waals surface area contributed by atoms with Gasteiger partial charge in [0.15, 0.2) is 0 Å². The summed E-state index contributed by atoms with van der Waals surface area (Å²) in [6.45, 7) is 5.23. The summed E-state index contributed by atoms with van der Waals surface area (Å²) in [4.78, 5) is 16.9. The van der Waals surface area contributed by atoms with Crippen molar-refractivity contribution in [3.63, 3.8) is 0 Å². The molecule has 0 aliphatic carbocycles. The van der Waals surface area contributed by atoms with Crippen molar-refractivity contribution in [2.75, 3.05) is 0 Å². The quantitative estimate of drug-likeness (QED) is 0.803. The minimum absolute atomic E-state index is 0.0522. The molecule has 0 amide bonds. The van der Waals surface area contributed by atoms with Crippen LogP contribution in [0.3, 0.4) is 0 Å². The maximum Gasteiger partial charge on any atom is 0.389 e. The summed E-state index contributed by atoms with van der Waals surface area (Å²) in [6, 6.07) is 8.84. The lowest BCUT2D eigenvalue weighted by molar-refractivity contribution is -0.135. The van der Waals surface area contributed by atoms with Gasteiger partial charge in [-0.25, -0.2) is 9.78 Å². The first-order valence-corrected chi connectivity index (χ1v) is 9.25. The molecule has 0 saturated heterocycles. The van der Waals surface area contributed by atoms with Gasteiger partial charge in [-0.1, -0.05) is 12.1 Å². The van der Waals surface area contributed by atoms with E-state index in [4.69, 9.17) is 0 Å². The maximum absolute atomic E-state index is 12.5. The third-order valence-corrected chi connectivity index (χ3v) is 4.52. The van der Waals surface area contributed by atoms with Crippen molar-refractivity contribution in [3.05, 3.63) is 64.5 Å². The van der Waals surface area contributed by atoms with Gasteiger partial charge in [0, 0.05) is 31.8 Å². The molecule has 5 nitrogen and oxygen atoms in total. The monoisotopic (exact) mass is 409 g/mol. The first kappa shape index (κ1) is 22.7. The van der Waals surface area contributed by atoms with Gasteiger partial charge in [-0.05, 0) is 56.5 Å². The molecule has 0 atom stereocenters. The van der Waals surface area contributed by atoms with E-state index in [1.165, 1.54) is 28.7 Å². The van der Waals surface area contributed by atoms with Crippen molar-refractivity contribution < 1.29 is 18.3 Å². The average Bonchev–Trinajstić information content (AvgIpc) is 2.66. The highest BCUT2D eigenvalue weighted by atomic mass is 19.4. The summed E-state index contributed by atoms with van der Waals surface area (Å²) in [5.41, 5.74) is 1.52. The lowest BCUT2D eigenvalue weighted by Crippen LogP contribution is -2.27. The Balaban J connectivity index is 2.50. The number of alkyl halides is 3. The molecule has 1 aromatic heterocycles. The molecular formula is C21H26F3N3O2. The molecule has 2 aromatic rings. The highest BCUT2D eigenvalue weighted by molar-refractivity contribution is 5.64. The van der Waals surface area contributed by atoms with Gasteiger partial charge >= 0.3 is 11.9 Å². The number of benzene rings is 1. The largest absolute Gasteiger partial charge is 0.389 e. The van der Waals surface area contributed by atoms with Crippen LogP contribution in [0.25, 0.3) is 11.3 Å². The molecule has 8 heteroatoms. The number of rotatable bonds is 5. The van der Waals surface area contributed by atoms with Crippen LogP contribution in [0.1, 0.15) is 37.8 Å². The molecule has 1 heterocycles. The van der Waals surface area contributed by atoms with Gasteiger partial charge in [0.1, 0.15) is 0 Å². The predicted octanol–water partition coefficient (Wildman–Crippen LogP) is 4.25. The van der Waals surface area contributed by atoms with Crippen LogP contribution in [-0.4, -0.2) is 25.4 Å². The Bertz CT molecular complexity index is 968. The molecule has 29 heavy (non-hydrogen) atoms. The van der Waals surface area contributed by atoms with Crippen LogP contribution in [0.2, 0.25) is 0 Å². The van der Waals surface area contributed by atoms with Gasteiger partial charge in [-0.3, -0.25) is 4.57 Å². The van der Waals surface area contributed by atoms with E-state index in [1.54, 1.807) is 26.0 Å². The lowest BCUT2D eigenvalue weighted by Gasteiger charge is -2.19. The molecule has 0 unspecified atom stereocenters. The Hall–Kier alpha value is -2.61. The normalized spacial score (nSPS) is 12.0. The van der Waals surface area contributed by atoms with Crippen LogP contribution in [0.4, 0.5) is 13.2 Å². The fourth-order valence-corrected chi connectivity index (χ4v) is 2.80. The van der Waals surface area contributed by atoms with Crippen molar-refractivity contribution in [2.24, 2.45) is 7.05 Å². The summed E-state index contributed by atoms with van der Waals surface area (Å²) in [6.07, 6.45) is -2.59. The standard InChI is InChI=1S/C21H26F3N3O2/c1-15-8-9-16(20(2,3)29)13-17(15)18-7-5-11-27(12-6-10-21(22,23)24)19(28)26(4)14-25-18/h5,7-9,11,13-14,29H,6,10,12H2,1-4H3. The number of aryl methyl sites for hydroxylation is 3. The molecule has 0 aliphatic rings. The number of hydrogen-bond donors (Lipinski definition) is 1. The van der Waals surface area contributed by atoms with Gasteiger partial charge < -0.3 is 9.67 Å². The Morgan fingerprint density at radius 3 is 2.48 bits per heavy atom. The smallest absolute Gasteiger partial charge is 0.386 e. The molecule has 0 aliphatic heterocycles. The van der Waals surface area contributed by atoms with E-state index in [0.717, 1.165) is 16.7 Å². The van der Waals surface area contributed by atoms with Crippen LogP contribution in [-0.2, 0) is 19.2 Å². The Kier molecular flexibility index (Phi) is 6.89. The predicted molar refractivity (Wildman–Crippen MR) is 106 cm³/mol.